The lowest BCUT2D eigenvalue weighted by Crippen LogP contribution is -2.26. The van der Waals surface area contributed by atoms with Gasteiger partial charge >= 0.3 is 0 Å². The summed E-state index contributed by atoms with van der Waals surface area (Å²) in [4.78, 5) is 18.5. The summed E-state index contributed by atoms with van der Waals surface area (Å²) in [5, 5.41) is 3.08. The number of carbonyl (C=O) groups excluding carboxylic acids is 1. The number of amides is 1. The zero-order chi connectivity index (χ0) is 21.4. The summed E-state index contributed by atoms with van der Waals surface area (Å²) in [7, 11) is 1.66. The van der Waals surface area contributed by atoms with Crippen molar-refractivity contribution < 1.29 is 9.53 Å². The van der Waals surface area contributed by atoms with Crippen LogP contribution >= 0.6 is 11.3 Å². The van der Waals surface area contributed by atoms with E-state index >= 15 is 0 Å². The summed E-state index contributed by atoms with van der Waals surface area (Å²) < 4.78 is 8.34. The predicted octanol–water partition coefficient (Wildman–Crippen LogP) is 5.72. The lowest BCUT2D eigenvalue weighted by atomic mass is 10.1. The summed E-state index contributed by atoms with van der Waals surface area (Å²) >= 11 is 1.58. The molecule has 1 amide bonds. The number of carbonyl (C=O) groups is 1. The van der Waals surface area contributed by atoms with Crippen molar-refractivity contribution in [2.24, 2.45) is 0 Å². The van der Waals surface area contributed by atoms with Crippen LogP contribution in [0, 0.1) is 0 Å². The fraction of sp³-hybridized carbons (Fsp3) is 0.120. The number of nitrogens with one attached hydrogen (secondary N) is 1. The monoisotopic (exact) mass is 427 g/mol. The van der Waals surface area contributed by atoms with Crippen LogP contribution < -0.4 is 10.1 Å². The highest BCUT2D eigenvalue weighted by Gasteiger charge is 2.15. The van der Waals surface area contributed by atoms with Gasteiger partial charge in [0.05, 0.1) is 29.1 Å². The van der Waals surface area contributed by atoms with Crippen LogP contribution in [0.3, 0.4) is 0 Å². The van der Waals surface area contributed by atoms with Crippen molar-refractivity contribution in [1.29, 1.82) is 0 Å². The second kappa shape index (κ2) is 7.89. The molecule has 154 valence electrons. The van der Waals surface area contributed by atoms with Gasteiger partial charge in [0.1, 0.15) is 5.75 Å². The molecular weight excluding hydrogens is 406 g/mol. The molecule has 5 nitrogen and oxygen atoms in total. The Bertz CT molecular complexity index is 1370. The number of thiazole rings is 1. The van der Waals surface area contributed by atoms with Gasteiger partial charge in [0.25, 0.3) is 5.91 Å². The van der Waals surface area contributed by atoms with E-state index in [-0.39, 0.29) is 11.9 Å². The number of aromatic nitrogens is 2. The molecule has 0 saturated carbocycles. The van der Waals surface area contributed by atoms with Crippen LogP contribution in [0.25, 0.3) is 26.4 Å². The fourth-order valence-electron chi connectivity index (χ4n) is 3.65. The average molecular weight is 428 g/mol. The average Bonchev–Trinajstić information content (AvgIpc) is 3.37. The molecule has 0 radical (unpaired) electrons. The number of fused-ring (bicyclic) bond motifs is 3. The van der Waals surface area contributed by atoms with Crippen molar-refractivity contribution in [2.45, 2.75) is 13.0 Å². The van der Waals surface area contributed by atoms with Gasteiger partial charge in [-0.25, -0.2) is 4.98 Å². The second-order valence-electron chi connectivity index (χ2n) is 7.40. The van der Waals surface area contributed by atoms with E-state index in [4.69, 9.17) is 9.72 Å². The smallest absolute Gasteiger partial charge is 0.251 e. The largest absolute Gasteiger partial charge is 0.497 e. The van der Waals surface area contributed by atoms with Gasteiger partial charge in [-0.2, -0.15) is 0 Å². The van der Waals surface area contributed by atoms with Crippen LogP contribution in [-0.2, 0) is 0 Å². The summed E-state index contributed by atoms with van der Waals surface area (Å²) in [6.45, 7) is 1.99. The van der Waals surface area contributed by atoms with Crippen LogP contribution in [-0.4, -0.2) is 22.4 Å². The molecule has 5 rings (SSSR count). The van der Waals surface area contributed by atoms with Crippen molar-refractivity contribution in [3.8, 4) is 17.0 Å². The van der Waals surface area contributed by atoms with Crippen LogP contribution in [0.4, 0.5) is 0 Å². The zero-order valence-electron chi connectivity index (χ0n) is 17.2. The van der Waals surface area contributed by atoms with Crippen molar-refractivity contribution >= 4 is 32.4 Å². The SMILES string of the molecule is COc1ccc(-c2cn3c(n2)sc2cc(C(=O)N[C@@H](C)c4ccccc4)ccc23)cc1. The molecule has 0 aliphatic carbocycles. The first-order valence-corrected chi connectivity index (χ1v) is 10.9. The maximum absolute atomic E-state index is 12.8. The predicted molar refractivity (Wildman–Crippen MR) is 125 cm³/mol. The van der Waals surface area contributed by atoms with E-state index in [9.17, 15) is 4.79 Å². The first kappa shape index (κ1) is 19.3. The summed E-state index contributed by atoms with van der Waals surface area (Å²) in [5.74, 6) is 0.742. The quantitative estimate of drug-likeness (QED) is 0.391. The molecule has 0 bridgehead atoms. The summed E-state index contributed by atoms with van der Waals surface area (Å²) in [6, 6.07) is 23.6. The molecule has 2 heterocycles. The van der Waals surface area contributed by atoms with E-state index in [0.29, 0.717) is 5.56 Å². The first-order chi connectivity index (χ1) is 15.1. The van der Waals surface area contributed by atoms with Crippen molar-refractivity contribution in [1.82, 2.24) is 14.7 Å². The summed E-state index contributed by atoms with van der Waals surface area (Å²) in [5.41, 5.74) is 4.72. The zero-order valence-corrected chi connectivity index (χ0v) is 18.0. The molecule has 5 aromatic rings. The first-order valence-electron chi connectivity index (χ1n) is 10.0. The highest BCUT2D eigenvalue weighted by molar-refractivity contribution is 7.23. The van der Waals surface area contributed by atoms with Crippen molar-refractivity contribution in [3.05, 3.63) is 90.1 Å². The number of benzene rings is 3. The van der Waals surface area contributed by atoms with E-state index < -0.39 is 0 Å². The minimum Gasteiger partial charge on any atom is -0.497 e. The number of nitrogens with zero attached hydrogens (tertiary/aromatic N) is 2. The highest BCUT2D eigenvalue weighted by Crippen LogP contribution is 2.31. The lowest BCUT2D eigenvalue weighted by molar-refractivity contribution is 0.0940. The van der Waals surface area contributed by atoms with E-state index in [0.717, 1.165) is 37.7 Å². The number of rotatable bonds is 5. The van der Waals surface area contributed by atoms with Crippen LogP contribution in [0.15, 0.2) is 79.0 Å². The maximum atomic E-state index is 12.8. The van der Waals surface area contributed by atoms with E-state index in [1.807, 2.05) is 85.9 Å². The third kappa shape index (κ3) is 3.66. The molecular formula is C25H21N3O2S. The molecule has 1 atom stereocenters. The number of hydrogen-bond acceptors (Lipinski definition) is 4. The van der Waals surface area contributed by atoms with Gasteiger partial charge in [-0.05, 0) is 55.0 Å². The Morgan fingerprint density at radius 3 is 2.58 bits per heavy atom. The molecule has 0 spiro atoms. The van der Waals surface area contributed by atoms with Crippen LogP contribution in [0.5, 0.6) is 5.75 Å². The van der Waals surface area contributed by atoms with Crippen molar-refractivity contribution in [3.63, 3.8) is 0 Å². The van der Waals surface area contributed by atoms with E-state index in [2.05, 4.69) is 9.72 Å². The standard InChI is InChI=1S/C25H21N3O2S/c1-16(17-6-4-3-5-7-17)26-24(29)19-10-13-22-23(14-19)31-25-27-21(15-28(22)25)18-8-11-20(30-2)12-9-18/h3-16H,1-2H3,(H,26,29)/t16-/m0/s1. The minimum atomic E-state index is -0.0804. The Kier molecular flexibility index (Phi) is 4.92. The molecule has 2 aromatic heterocycles. The Morgan fingerprint density at radius 1 is 1.06 bits per heavy atom. The number of ether oxygens (including phenoxy) is 1. The third-order valence-corrected chi connectivity index (χ3v) is 6.41. The molecule has 0 fully saturated rings. The van der Waals surface area contributed by atoms with Crippen molar-refractivity contribution in [2.75, 3.05) is 7.11 Å². The molecule has 1 N–H and O–H groups in total. The van der Waals surface area contributed by atoms with Crippen LogP contribution in [0.1, 0.15) is 28.9 Å². The highest BCUT2D eigenvalue weighted by atomic mass is 32.1. The van der Waals surface area contributed by atoms with E-state index in [1.165, 1.54) is 0 Å². The van der Waals surface area contributed by atoms with Gasteiger partial charge < -0.3 is 10.1 Å². The molecule has 3 aromatic carbocycles. The number of methoxy groups -OCH3 is 1. The summed E-state index contributed by atoms with van der Waals surface area (Å²) in [6.07, 6.45) is 2.03. The number of imidazole rings is 1. The normalized spacial score (nSPS) is 12.2. The Hall–Kier alpha value is -3.64. The van der Waals surface area contributed by atoms with Gasteiger partial charge in [0, 0.05) is 17.3 Å². The van der Waals surface area contributed by atoms with Gasteiger partial charge in [-0.3, -0.25) is 9.20 Å². The molecule has 0 saturated heterocycles. The number of hydrogen-bond donors (Lipinski definition) is 1. The van der Waals surface area contributed by atoms with Gasteiger partial charge in [0.15, 0.2) is 4.96 Å². The maximum Gasteiger partial charge on any atom is 0.251 e. The molecule has 6 heteroatoms. The Labute approximate surface area is 183 Å². The molecule has 31 heavy (non-hydrogen) atoms. The third-order valence-electron chi connectivity index (χ3n) is 5.39. The minimum absolute atomic E-state index is 0.0582. The topological polar surface area (TPSA) is 55.6 Å². The lowest BCUT2D eigenvalue weighted by Gasteiger charge is -2.14. The van der Waals surface area contributed by atoms with Gasteiger partial charge in [-0.1, -0.05) is 41.7 Å². The van der Waals surface area contributed by atoms with Crippen LogP contribution in [0.2, 0.25) is 0 Å². The Morgan fingerprint density at radius 2 is 1.84 bits per heavy atom. The Balaban J connectivity index is 1.41. The second-order valence-corrected chi connectivity index (χ2v) is 8.41. The van der Waals surface area contributed by atoms with Gasteiger partial charge in [-0.15, -0.1) is 0 Å². The fourth-order valence-corrected chi connectivity index (χ4v) is 4.70. The molecule has 0 unspecified atom stereocenters. The molecule has 0 aliphatic rings. The van der Waals surface area contributed by atoms with Gasteiger partial charge in [0.2, 0.25) is 0 Å². The molecule has 0 aliphatic heterocycles. The van der Waals surface area contributed by atoms with E-state index in [1.54, 1.807) is 18.4 Å².